The standard InChI is InChI=1S/C15H13BrClF2N/c1-20-15(12-5-3-10(16)7-14(12)19)6-9-2-4-11(18)8-13(9)17/h2-5,7-8,15,20H,6H2,1H3. The second kappa shape index (κ2) is 6.66. The summed E-state index contributed by atoms with van der Waals surface area (Å²) in [7, 11) is 1.75. The molecule has 0 bridgehead atoms. The summed E-state index contributed by atoms with van der Waals surface area (Å²) in [6, 6.07) is 8.94. The van der Waals surface area contributed by atoms with E-state index in [0.29, 0.717) is 21.5 Å². The number of rotatable bonds is 4. The van der Waals surface area contributed by atoms with Crippen LogP contribution < -0.4 is 5.32 Å². The Bertz CT molecular complexity index is 619. The molecule has 0 saturated heterocycles. The maximum Gasteiger partial charge on any atom is 0.129 e. The predicted molar refractivity (Wildman–Crippen MR) is 81.0 cm³/mol. The van der Waals surface area contributed by atoms with Crippen LogP contribution in [0.1, 0.15) is 17.2 Å². The summed E-state index contributed by atoms with van der Waals surface area (Å²) in [5.74, 6) is -0.675. The molecule has 2 aromatic carbocycles. The molecule has 0 aliphatic heterocycles. The van der Waals surface area contributed by atoms with E-state index in [-0.39, 0.29) is 17.7 Å². The van der Waals surface area contributed by atoms with Gasteiger partial charge < -0.3 is 5.32 Å². The molecule has 0 aromatic heterocycles. The lowest BCUT2D eigenvalue weighted by atomic mass is 9.98. The lowest BCUT2D eigenvalue weighted by molar-refractivity contribution is 0.533. The van der Waals surface area contributed by atoms with E-state index >= 15 is 0 Å². The van der Waals surface area contributed by atoms with Crippen molar-refractivity contribution in [1.82, 2.24) is 5.32 Å². The molecule has 0 heterocycles. The van der Waals surface area contributed by atoms with Gasteiger partial charge in [0.15, 0.2) is 0 Å². The molecule has 1 nitrogen and oxygen atoms in total. The van der Waals surface area contributed by atoms with Crippen LogP contribution in [0.25, 0.3) is 0 Å². The van der Waals surface area contributed by atoms with Gasteiger partial charge in [0.25, 0.3) is 0 Å². The molecular formula is C15H13BrClF2N. The molecule has 0 saturated carbocycles. The molecule has 0 spiro atoms. The third kappa shape index (κ3) is 3.57. The van der Waals surface area contributed by atoms with E-state index in [4.69, 9.17) is 11.6 Å². The Morgan fingerprint density at radius 2 is 1.95 bits per heavy atom. The lowest BCUT2D eigenvalue weighted by Crippen LogP contribution is -2.20. The molecule has 1 unspecified atom stereocenters. The average Bonchev–Trinajstić information content (AvgIpc) is 2.39. The number of hydrogen-bond acceptors (Lipinski definition) is 1. The van der Waals surface area contributed by atoms with Crippen molar-refractivity contribution in [1.29, 1.82) is 0 Å². The number of hydrogen-bond donors (Lipinski definition) is 1. The molecule has 1 atom stereocenters. The maximum atomic E-state index is 14.0. The van der Waals surface area contributed by atoms with Crippen LogP contribution in [-0.2, 0) is 6.42 Å². The second-order valence-electron chi connectivity index (χ2n) is 4.45. The molecule has 0 radical (unpaired) electrons. The van der Waals surface area contributed by atoms with Gasteiger partial charge in [0.2, 0.25) is 0 Å². The van der Waals surface area contributed by atoms with Crippen molar-refractivity contribution in [3.05, 3.63) is 68.7 Å². The van der Waals surface area contributed by atoms with Crippen LogP contribution >= 0.6 is 27.5 Å². The lowest BCUT2D eigenvalue weighted by Gasteiger charge is -2.18. The minimum absolute atomic E-state index is 0.230. The van der Waals surface area contributed by atoms with Crippen molar-refractivity contribution < 1.29 is 8.78 Å². The molecule has 106 valence electrons. The minimum Gasteiger partial charge on any atom is -0.313 e. The monoisotopic (exact) mass is 359 g/mol. The number of likely N-dealkylation sites (N-methyl/N-ethyl adjacent to an activating group) is 1. The zero-order chi connectivity index (χ0) is 14.7. The zero-order valence-electron chi connectivity index (χ0n) is 10.8. The van der Waals surface area contributed by atoms with Crippen molar-refractivity contribution in [2.45, 2.75) is 12.5 Å². The summed E-state index contributed by atoms with van der Waals surface area (Å²) in [5, 5.41) is 3.41. The molecule has 2 aromatic rings. The molecule has 5 heteroatoms. The summed E-state index contributed by atoms with van der Waals surface area (Å²) < 4.78 is 27.7. The Morgan fingerprint density at radius 1 is 1.20 bits per heavy atom. The van der Waals surface area contributed by atoms with Gasteiger partial charge in [-0.05, 0) is 43.3 Å². The fourth-order valence-electron chi connectivity index (χ4n) is 2.06. The molecule has 0 fully saturated rings. The van der Waals surface area contributed by atoms with E-state index in [1.54, 1.807) is 25.2 Å². The Balaban J connectivity index is 2.28. The fraction of sp³-hybridized carbons (Fsp3) is 0.200. The van der Waals surface area contributed by atoms with Crippen LogP contribution in [-0.4, -0.2) is 7.05 Å². The highest BCUT2D eigenvalue weighted by atomic mass is 79.9. The molecule has 0 amide bonds. The highest BCUT2D eigenvalue weighted by Crippen LogP contribution is 2.27. The van der Waals surface area contributed by atoms with E-state index in [2.05, 4.69) is 21.2 Å². The molecule has 1 N–H and O–H groups in total. The van der Waals surface area contributed by atoms with Gasteiger partial charge in [0.1, 0.15) is 11.6 Å². The second-order valence-corrected chi connectivity index (χ2v) is 5.77. The van der Waals surface area contributed by atoms with Gasteiger partial charge in [0.05, 0.1) is 0 Å². The van der Waals surface area contributed by atoms with Crippen molar-refractivity contribution in [2.24, 2.45) is 0 Å². The van der Waals surface area contributed by atoms with Gasteiger partial charge in [-0.3, -0.25) is 0 Å². The number of benzene rings is 2. The third-order valence-electron chi connectivity index (χ3n) is 3.13. The van der Waals surface area contributed by atoms with Gasteiger partial charge in [-0.2, -0.15) is 0 Å². The topological polar surface area (TPSA) is 12.0 Å². The summed E-state index contributed by atoms with van der Waals surface area (Å²) in [6.07, 6.45) is 0.480. The first-order valence-corrected chi connectivity index (χ1v) is 7.24. The molecule has 0 aliphatic rings. The van der Waals surface area contributed by atoms with Gasteiger partial charge in [-0.25, -0.2) is 8.78 Å². The van der Waals surface area contributed by atoms with Gasteiger partial charge >= 0.3 is 0 Å². The van der Waals surface area contributed by atoms with E-state index in [9.17, 15) is 8.78 Å². The summed E-state index contributed by atoms with van der Waals surface area (Å²) in [5.41, 5.74) is 1.32. The summed E-state index contributed by atoms with van der Waals surface area (Å²) in [4.78, 5) is 0. The maximum absolute atomic E-state index is 14.0. The molecule has 20 heavy (non-hydrogen) atoms. The summed E-state index contributed by atoms with van der Waals surface area (Å²) >= 11 is 9.24. The molecular weight excluding hydrogens is 348 g/mol. The molecule has 2 rings (SSSR count). The highest BCUT2D eigenvalue weighted by Gasteiger charge is 2.16. The Labute approximate surface area is 130 Å². The Morgan fingerprint density at radius 3 is 2.55 bits per heavy atom. The highest BCUT2D eigenvalue weighted by molar-refractivity contribution is 9.10. The van der Waals surface area contributed by atoms with Crippen LogP contribution in [0.5, 0.6) is 0 Å². The van der Waals surface area contributed by atoms with E-state index < -0.39 is 0 Å². The first-order chi connectivity index (χ1) is 9.51. The molecule has 0 aliphatic carbocycles. The Kier molecular flexibility index (Phi) is 5.13. The van der Waals surface area contributed by atoms with Crippen LogP contribution in [0, 0.1) is 11.6 Å². The average molecular weight is 361 g/mol. The van der Waals surface area contributed by atoms with Crippen LogP contribution in [0.15, 0.2) is 40.9 Å². The first kappa shape index (κ1) is 15.4. The zero-order valence-corrected chi connectivity index (χ0v) is 13.1. The quantitative estimate of drug-likeness (QED) is 0.819. The van der Waals surface area contributed by atoms with Crippen LogP contribution in [0.2, 0.25) is 5.02 Å². The van der Waals surface area contributed by atoms with E-state index in [1.807, 2.05) is 0 Å². The summed E-state index contributed by atoms with van der Waals surface area (Å²) in [6.45, 7) is 0. The number of halogens is 4. The largest absolute Gasteiger partial charge is 0.313 e. The fourth-order valence-corrected chi connectivity index (χ4v) is 2.64. The Hall–Kier alpha value is -0.970. The smallest absolute Gasteiger partial charge is 0.129 e. The SMILES string of the molecule is CNC(Cc1ccc(F)cc1Cl)c1ccc(Br)cc1F. The van der Waals surface area contributed by atoms with Crippen LogP contribution in [0.4, 0.5) is 8.78 Å². The first-order valence-electron chi connectivity index (χ1n) is 6.07. The van der Waals surface area contributed by atoms with Crippen molar-refractivity contribution in [3.63, 3.8) is 0 Å². The predicted octanol–water partition coefficient (Wildman–Crippen LogP) is 4.88. The van der Waals surface area contributed by atoms with Gasteiger partial charge in [-0.1, -0.05) is 39.7 Å². The van der Waals surface area contributed by atoms with Gasteiger partial charge in [-0.15, -0.1) is 0 Å². The third-order valence-corrected chi connectivity index (χ3v) is 3.97. The van der Waals surface area contributed by atoms with Crippen molar-refractivity contribution in [2.75, 3.05) is 7.05 Å². The minimum atomic E-state index is -0.380. The van der Waals surface area contributed by atoms with Crippen molar-refractivity contribution >= 4 is 27.5 Å². The van der Waals surface area contributed by atoms with Gasteiger partial charge in [0, 0.05) is 21.1 Å². The van der Waals surface area contributed by atoms with Crippen LogP contribution in [0.3, 0.4) is 0 Å². The number of nitrogens with one attached hydrogen (secondary N) is 1. The van der Waals surface area contributed by atoms with E-state index in [1.165, 1.54) is 18.2 Å². The normalized spacial score (nSPS) is 12.4. The van der Waals surface area contributed by atoms with E-state index in [0.717, 1.165) is 5.56 Å². The van der Waals surface area contributed by atoms with Crippen molar-refractivity contribution in [3.8, 4) is 0 Å².